The van der Waals surface area contributed by atoms with Gasteiger partial charge in [-0.15, -0.1) is 0 Å². The Balaban J connectivity index is 2.67. The van der Waals surface area contributed by atoms with Crippen LogP contribution in [0, 0.1) is 0 Å². The number of benzene rings is 1. The number of carbonyl (C=O) groups excluding carboxylic acids is 1. The van der Waals surface area contributed by atoms with Gasteiger partial charge in [-0.1, -0.05) is 11.6 Å². The first kappa shape index (κ1) is 14.0. The van der Waals surface area contributed by atoms with Crippen LogP contribution in [0.15, 0.2) is 18.2 Å². The molecule has 0 saturated carbocycles. The Morgan fingerprint density at radius 1 is 1.59 bits per heavy atom. The summed E-state index contributed by atoms with van der Waals surface area (Å²) in [5, 5.41) is 2.90. The van der Waals surface area contributed by atoms with E-state index in [2.05, 4.69) is 5.32 Å². The van der Waals surface area contributed by atoms with Crippen molar-refractivity contribution in [3.05, 3.63) is 28.8 Å². The van der Waals surface area contributed by atoms with Crippen molar-refractivity contribution in [2.24, 2.45) is 0 Å². The minimum absolute atomic E-state index is 0.0912. The summed E-state index contributed by atoms with van der Waals surface area (Å²) in [6.07, 6.45) is 1.60. The lowest BCUT2D eigenvalue weighted by Crippen LogP contribution is -2.32. The lowest BCUT2D eigenvalue weighted by atomic mass is 10.2. The highest BCUT2D eigenvalue weighted by Crippen LogP contribution is 2.18. The smallest absolute Gasteiger partial charge is 0.252 e. The highest BCUT2D eigenvalue weighted by atomic mass is 35.5. The van der Waals surface area contributed by atoms with Crippen molar-refractivity contribution in [2.45, 2.75) is 12.2 Å². The normalized spacial score (nSPS) is 14.1. The molecule has 0 heterocycles. The number of nitrogens with two attached hydrogens (primary N) is 1. The van der Waals surface area contributed by atoms with E-state index in [9.17, 15) is 9.00 Å². The predicted octanol–water partition coefficient (Wildman–Crippen LogP) is 1.42. The quantitative estimate of drug-likeness (QED) is 0.816. The van der Waals surface area contributed by atoms with Crippen molar-refractivity contribution in [2.75, 3.05) is 18.5 Å². The molecule has 1 aromatic rings. The maximum atomic E-state index is 11.8. The molecule has 2 unspecified atom stereocenters. The van der Waals surface area contributed by atoms with Crippen LogP contribution in [0.1, 0.15) is 17.3 Å². The molecule has 0 aliphatic rings. The first-order chi connectivity index (χ1) is 7.91. The lowest BCUT2D eigenvalue weighted by molar-refractivity contribution is 0.0954. The number of hydrogen-bond acceptors (Lipinski definition) is 3. The number of nitrogen functional groups attached to an aromatic ring is 1. The molecule has 94 valence electrons. The summed E-state index contributed by atoms with van der Waals surface area (Å²) in [6.45, 7) is 2.16. The highest BCUT2D eigenvalue weighted by Gasteiger charge is 2.12. The van der Waals surface area contributed by atoms with Gasteiger partial charge in [-0.25, -0.2) is 0 Å². The zero-order valence-electron chi connectivity index (χ0n) is 9.70. The SMILES string of the molecule is CC(CNC(=O)c1ccc(N)cc1Cl)S(C)=O. The van der Waals surface area contributed by atoms with E-state index in [1.165, 1.54) is 6.07 Å². The lowest BCUT2D eigenvalue weighted by Gasteiger charge is -2.10. The fraction of sp³-hybridized carbons (Fsp3) is 0.364. The Hall–Kier alpha value is -1.07. The largest absolute Gasteiger partial charge is 0.399 e. The van der Waals surface area contributed by atoms with E-state index in [4.69, 9.17) is 17.3 Å². The maximum Gasteiger partial charge on any atom is 0.252 e. The van der Waals surface area contributed by atoms with Crippen molar-refractivity contribution in [1.29, 1.82) is 0 Å². The number of nitrogens with one attached hydrogen (secondary N) is 1. The third-order valence-electron chi connectivity index (χ3n) is 2.35. The second-order valence-corrected chi connectivity index (χ2v) is 5.97. The Bertz CT molecular complexity index is 451. The van der Waals surface area contributed by atoms with Crippen LogP contribution in [0.3, 0.4) is 0 Å². The van der Waals surface area contributed by atoms with Crippen LogP contribution in [0.2, 0.25) is 5.02 Å². The molecule has 0 aliphatic carbocycles. The molecule has 0 bridgehead atoms. The molecule has 0 aromatic heterocycles. The molecule has 1 rings (SSSR count). The minimum atomic E-state index is -0.960. The first-order valence-corrected chi connectivity index (χ1v) is 7.07. The van der Waals surface area contributed by atoms with Gasteiger partial charge in [0, 0.05) is 34.5 Å². The molecular formula is C11H15ClN2O2S. The molecule has 4 nitrogen and oxygen atoms in total. The molecule has 0 spiro atoms. The van der Waals surface area contributed by atoms with Gasteiger partial charge in [-0.2, -0.15) is 0 Å². The molecule has 0 aliphatic heterocycles. The van der Waals surface area contributed by atoms with Gasteiger partial charge in [-0.3, -0.25) is 9.00 Å². The van der Waals surface area contributed by atoms with Crippen LogP contribution in [0.5, 0.6) is 0 Å². The van der Waals surface area contributed by atoms with E-state index in [0.29, 0.717) is 22.8 Å². The second kappa shape index (κ2) is 6.02. The number of anilines is 1. The average molecular weight is 275 g/mol. The Labute approximate surface area is 108 Å². The maximum absolute atomic E-state index is 11.8. The van der Waals surface area contributed by atoms with Crippen molar-refractivity contribution in [3.8, 4) is 0 Å². The molecule has 6 heteroatoms. The van der Waals surface area contributed by atoms with Gasteiger partial charge in [0.1, 0.15) is 0 Å². The standard InChI is InChI=1S/C11H15ClN2O2S/c1-7(17(2)16)6-14-11(15)9-4-3-8(13)5-10(9)12/h3-5,7H,6,13H2,1-2H3,(H,14,15). The van der Waals surface area contributed by atoms with E-state index >= 15 is 0 Å². The first-order valence-electron chi connectivity index (χ1n) is 5.07. The summed E-state index contributed by atoms with van der Waals surface area (Å²) >= 11 is 5.90. The zero-order chi connectivity index (χ0) is 13.0. The summed E-state index contributed by atoms with van der Waals surface area (Å²) in [4.78, 5) is 11.8. The van der Waals surface area contributed by atoms with E-state index in [1.54, 1.807) is 25.3 Å². The molecule has 17 heavy (non-hydrogen) atoms. The van der Waals surface area contributed by atoms with Gasteiger partial charge in [0.2, 0.25) is 0 Å². The van der Waals surface area contributed by atoms with Crippen molar-refractivity contribution < 1.29 is 9.00 Å². The number of amides is 1. The van der Waals surface area contributed by atoms with Crippen LogP contribution < -0.4 is 11.1 Å². The van der Waals surface area contributed by atoms with E-state index in [1.807, 2.05) is 0 Å². The number of halogens is 1. The summed E-state index contributed by atoms with van der Waals surface area (Å²) in [6, 6.07) is 4.71. The molecule has 1 amide bonds. The summed E-state index contributed by atoms with van der Waals surface area (Å²) in [5.41, 5.74) is 6.41. The fourth-order valence-corrected chi connectivity index (χ4v) is 1.76. The molecule has 0 fully saturated rings. The molecule has 0 saturated heterocycles. The summed E-state index contributed by atoms with van der Waals surface area (Å²) < 4.78 is 11.1. The second-order valence-electron chi connectivity index (χ2n) is 3.76. The predicted molar refractivity (Wildman–Crippen MR) is 71.7 cm³/mol. The number of hydrogen-bond donors (Lipinski definition) is 2. The van der Waals surface area contributed by atoms with Gasteiger partial charge < -0.3 is 11.1 Å². The molecule has 2 atom stereocenters. The molecular weight excluding hydrogens is 260 g/mol. The van der Waals surface area contributed by atoms with E-state index in [0.717, 1.165) is 0 Å². The van der Waals surface area contributed by atoms with Crippen LogP contribution in [0.25, 0.3) is 0 Å². The van der Waals surface area contributed by atoms with Gasteiger partial charge in [-0.05, 0) is 25.1 Å². The average Bonchev–Trinajstić information content (AvgIpc) is 2.25. The fourth-order valence-electron chi connectivity index (χ4n) is 1.16. The Kier molecular flexibility index (Phi) is 4.96. The molecule has 3 N–H and O–H groups in total. The van der Waals surface area contributed by atoms with Crippen molar-refractivity contribution in [1.82, 2.24) is 5.32 Å². The van der Waals surface area contributed by atoms with Gasteiger partial charge in [0.15, 0.2) is 0 Å². The number of rotatable bonds is 4. The van der Waals surface area contributed by atoms with Crippen LogP contribution in [0.4, 0.5) is 5.69 Å². The topological polar surface area (TPSA) is 72.2 Å². The van der Waals surface area contributed by atoms with E-state index in [-0.39, 0.29) is 11.2 Å². The number of carbonyl (C=O) groups is 1. The van der Waals surface area contributed by atoms with Gasteiger partial charge >= 0.3 is 0 Å². The van der Waals surface area contributed by atoms with Crippen LogP contribution in [-0.2, 0) is 10.8 Å². The zero-order valence-corrected chi connectivity index (χ0v) is 11.3. The Morgan fingerprint density at radius 3 is 2.76 bits per heavy atom. The summed E-state index contributed by atoms with van der Waals surface area (Å²) in [7, 11) is -0.960. The monoisotopic (exact) mass is 274 g/mol. The van der Waals surface area contributed by atoms with Crippen LogP contribution in [-0.4, -0.2) is 28.2 Å². The minimum Gasteiger partial charge on any atom is -0.399 e. The molecule has 0 radical (unpaired) electrons. The van der Waals surface area contributed by atoms with E-state index < -0.39 is 10.8 Å². The van der Waals surface area contributed by atoms with Crippen molar-refractivity contribution in [3.63, 3.8) is 0 Å². The van der Waals surface area contributed by atoms with Gasteiger partial charge in [0.05, 0.1) is 10.6 Å². The van der Waals surface area contributed by atoms with Crippen molar-refractivity contribution >= 4 is 34.0 Å². The molecule has 1 aromatic carbocycles. The van der Waals surface area contributed by atoms with Gasteiger partial charge in [0.25, 0.3) is 5.91 Å². The third kappa shape index (κ3) is 4.02. The summed E-state index contributed by atoms with van der Waals surface area (Å²) in [5.74, 6) is -0.285. The third-order valence-corrected chi connectivity index (χ3v) is 3.97. The highest BCUT2D eigenvalue weighted by molar-refractivity contribution is 7.84. The van der Waals surface area contributed by atoms with Crippen LogP contribution >= 0.6 is 11.6 Å². The Morgan fingerprint density at radius 2 is 2.24 bits per heavy atom.